The number of thiazole rings is 1. The van der Waals surface area contributed by atoms with Crippen molar-refractivity contribution in [2.45, 2.75) is 33.7 Å². The third kappa shape index (κ3) is 8.76. The molecule has 7 heteroatoms. The van der Waals surface area contributed by atoms with E-state index >= 15 is 0 Å². The normalized spacial score (nSPS) is 11.8. The minimum absolute atomic E-state index is 0.587. The van der Waals surface area contributed by atoms with E-state index in [0.29, 0.717) is 12.5 Å². The van der Waals surface area contributed by atoms with Crippen LogP contribution in [0.25, 0.3) is 0 Å². The Bertz CT molecular complexity index is 459. The number of nitrogens with one attached hydrogen (secondary N) is 2. The van der Waals surface area contributed by atoms with E-state index < -0.39 is 0 Å². The molecule has 0 amide bonds. The van der Waals surface area contributed by atoms with E-state index in [9.17, 15) is 0 Å². The maximum Gasteiger partial charge on any atom is 0.191 e. The number of nitrogens with zero attached hydrogens (tertiary/aromatic N) is 3. The number of aromatic nitrogens is 1. The van der Waals surface area contributed by atoms with Crippen molar-refractivity contribution in [2.75, 3.05) is 45.3 Å². The lowest BCUT2D eigenvalue weighted by molar-refractivity contribution is 0.108. The van der Waals surface area contributed by atoms with Crippen LogP contribution in [0.2, 0.25) is 0 Å². The van der Waals surface area contributed by atoms with Crippen LogP contribution in [0.5, 0.6) is 0 Å². The van der Waals surface area contributed by atoms with Crippen LogP contribution in [0.1, 0.15) is 32.9 Å². The van der Waals surface area contributed by atoms with Gasteiger partial charge in [-0.15, -0.1) is 11.3 Å². The second kappa shape index (κ2) is 11.2. The molecule has 0 fully saturated rings. The van der Waals surface area contributed by atoms with Gasteiger partial charge in [-0.2, -0.15) is 0 Å². The Morgan fingerprint density at radius 3 is 2.78 bits per heavy atom. The predicted octanol–water partition coefficient (Wildman–Crippen LogP) is 2.33. The molecule has 6 nitrogen and oxygen atoms in total. The Labute approximate surface area is 144 Å². The number of guanidine groups is 1. The molecular formula is C16H31N5OS. The standard InChI is InChI=1S/C16H31N5OS/c1-6-17-15(18-8-7-9-22-11-13(2)3)19-10-14-12-23-16(20-14)21(4)5/h12-13H,6-11H2,1-5H3,(H2,17,18,19). The molecule has 0 spiro atoms. The summed E-state index contributed by atoms with van der Waals surface area (Å²) in [5.41, 5.74) is 0.996. The molecular weight excluding hydrogens is 310 g/mol. The first-order valence-electron chi connectivity index (χ1n) is 8.24. The smallest absolute Gasteiger partial charge is 0.191 e. The first kappa shape index (κ1) is 19.7. The molecule has 0 saturated carbocycles. The van der Waals surface area contributed by atoms with Gasteiger partial charge in [-0.05, 0) is 19.3 Å². The Hall–Kier alpha value is -1.34. The number of ether oxygens (including phenoxy) is 1. The van der Waals surface area contributed by atoms with Crippen molar-refractivity contribution >= 4 is 22.4 Å². The summed E-state index contributed by atoms with van der Waals surface area (Å²) in [5, 5.41) is 9.65. The average molecular weight is 342 g/mol. The van der Waals surface area contributed by atoms with Crippen LogP contribution >= 0.6 is 11.3 Å². The Balaban J connectivity index is 2.34. The highest BCUT2D eigenvalue weighted by atomic mass is 32.1. The quantitative estimate of drug-likeness (QED) is 0.388. The van der Waals surface area contributed by atoms with Gasteiger partial charge in [0.05, 0.1) is 12.2 Å². The van der Waals surface area contributed by atoms with Crippen LogP contribution in [-0.2, 0) is 11.3 Å². The second-order valence-corrected chi connectivity index (χ2v) is 6.80. The first-order chi connectivity index (χ1) is 11.0. The highest BCUT2D eigenvalue weighted by Crippen LogP contribution is 2.18. The highest BCUT2D eigenvalue weighted by Gasteiger charge is 2.04. The molecule has 0 unspecified atom stereocenters. The number of aliphatic imine (C=N–C) groups is 1. The van der Waals surface area contributed by atoms with Crippen molar-refractivity contribution in [2.24, 2.45) is 10.9 Å². The zero-order chi connectivity index (χ0) is 17.1. The lowest BCUT2D eigenvalue weighted by atomic mass is 10.2. The molecule has 23 heavy (non-hydrogen) atoms. The van der Waals surface area contributed by atoms with E-state index in [1.54, 1.807) is 11.3 Å². The summed E-state index contributed by atoms with van der Waals surface area (Å²) in [5.74, 6) is 1.42. The van der Waals surface area contributed by atoms with Crippen molar-refractivity contribution < 1.29 is 4.74 Å². The average Bonchev–Trinajstić information content (AvgIpc) is 2.97. The fourth-order valence-electron chi connectivity index (χ4n) is 1.78. The molecule has 0 bridgehead atoms. The lowest BCUT2D eigenvalue weighted by Crippen LogP contribution is -2.38. The van der Waals surface area contributed by atoms with Crippen LogP contribution in [0.4, 0.5) is 5.13 Å². The van der Waals surface area contributed by atoms with E-state index in [0.717, 1.165) is 49.5 Å². The van der Waals surface area contributed by atoms with Crippen molar-refractivity contribution in [3.05, 3.63) is 11.1 Å². The van der Waals surface area contributed by atoms with Crippen molar-refractivity contribution in [3.63, 3.8) is 0 Å². The van der Waals surface area contributed by atoms with Gasteiger partial charge in [0.2, 0.25) is 0 Å². The van der Waals surface area contributed by atoms with Gasteiger partial charge in [0.1, 0.15) is 0 Å². The summed E-state index contributed by atoms with van der Waals surface area (Å²) in [6, 6.07) is 0. The summed E-state index contributed by atoms with van der Waals surface area (Å²) in [6.45, 7) is 10.3. The van der Waals surface area contributed by atoms with Crippen molar-refractivity contribution in [1.82, 2.24) is 15.6 Å². The molecule has 2 N–H and O–H groups in total. The molecule has 0 aliphatic carbocycles. The molecule has 1 heterocycles. The summed E-state index contributed by atoms with van der Waals surface area (Å²) >= 11 is 1.64. The summed E-state index contributed by atoms with van der Waals surface area (Å²) in [7, 11) is 4.00. The molecule has 1 aromatic heterocycles. The molecule has 0 atom stereocenters. The first-order valence-corrected chi connectivity index (χ1v) is 9.12. The Morgan fingerprint density at radius 1 is 1.39 bits per heavy atom. The molecule has 0 radical (unpaired) electrons. The highest BCUT2D eigenvalue weighted by molar-refractivity contribution is 7.13. The fourth-order valence-corrected chi connectivity index (χ4v) is 2.53. The lowest BCUT2D eigenvalue weighted by Gasteiger charge is -2.11. The van der Waals surface area contributed by atoms with E-state index in [-0.39, 0.29) is 0 Å². The van der Waals surface area contributed by atoms with Gasteiger partial charge in [0.15, 0.2) is 11.1 Å². The Morgan fingerprint density at radius 2 is 2.17 bits per heavy atom. The largest absolute Gasteiger partial charge is 0.381 e. The summed E-state index contributed by atoms with van der Waals surface area (Å²) in [4.78, 5) is 11.1. The van der Waals surface area contributed by atoms with Gasteiger partial charge in [0.25, 0.3) is 0 Å². The topological polar surface area (TPSA) is 61.8 Å². The van der Waals surface area contributed by atoms with Gasteiger partial charge >= 0.3 is 0 Å². The Kier molecular flexibility index (Phi) is 9.63. The summed E-state index contributed by atoms with van der Waals surface area (Å²) < 4.78 is 5.58. The van der Waals surface area contributed by atoms with Crippen molar-refractivity contribution in [3.8, 4) is 0 Å². The molecule has 132 valence electrons. The third-order valence-electron chi connectivity index (χ3n) is 2.87. The third-order valence-corrected chi connectivity index (χ3v) is 3.93. The van der Waals surface area contributed by atoms with Gasteiger partial charge in [-0.1, -0.05) is 13.8 Å². The molecule has 1 aromatic rings. The SMILES string of the molecule is CCNC(=NCc1csc(N(C)C)n1)NCCCOCC(C)C. The molecule has 1 rings (SSSR count). The number of anilines is 1. The zero-order valence-electron chi connectivity index (χ0n) is 15.1. The van der Waals surface area contributed by atoms with E-state index in [1.165, 1.54) is 0 Å². The number of hydrogen-bond acceptors (Lipinski definition) is 5. The number of hydrogen-bond donors (Lipinski definition) is 2. The van der Waals surface area contributed by atoms with Gasteiger partial charge in [-0.25, -0.2) is 9.98 Å². The molecule has 0 aromatic carbocycles. The fraction of sp³-hybridized carbons (Fsp3) is 0.750. The van der Waals surface area contributed by atoms with Crippen LogP contribution in [0, 0.1) is 5.92 Å². The van der Waals surface area contributed by atoms with Gasteiger partial charge < -0.3 is 20.3 Å². The van der Waals surface area contributed by atoms with Gasteiger partial charge in [-0.3, -0.25) is 0 Å². The van der Waals surface area contributed by atoms with E-state index in [2.05, 4.69) is 46.8 Å². The minimum Gasteiger partial charge on any atom is -0.381 e. The number of rotatable bonds is 10. The second-order valence-electron chi connectivity index (χ2n) is 5.96. The maximum absolute atomic E-state index is 5.58. The van der Waals surface area contributed by atoms with Crippen LogP contribution in [0.3, 0.4) is 0 Å². The monoisotopic (exact) mass is 341 g/mol. The molecule has 0 saturated heterocycles. The van der Waals surface area contributed by atoms with Gasteiger partial charge in [0, 0.05) is 45.8 Å². The zero-order valence-corrected chi connectivity index (χ0v) is 15.9. The van der Waals surface area contributed by atoms with Crippen LogP contribution in [-0.4, -0.2) is 51.3 Å². The predicted molar refractivity (Wildman–Crippen MR) is 99.5 cm³/mol. The van der Waals surface area contributed by atoms with Crippen LogP contribution in [0.15, 0.2) is 10.4 Å². The van der Waals surface area contributed by atoms with E-state index in [1.807, 2.05) is 19.0 Å². The minimum atomic E-state index is 0.587. The maximum atomic E-state index is 5.58. The molecule has 0 aliphatic rings. The van der Waals surface area contributed by atoms with Crippen molar-refractivity contribution in [1.29, 1.82) is 0 Å². The molecule has 0 aliphatic heterocycles. The van der Waals surface area contributed by atoms with E-state index in [4.69, 9.17) is 4.74 Å². The summed E-state index contributed by atoms with van der Waals surface area (Å²) in [6.07, 6.45) is 0.971. The van der Waals surface area contributed by atoms with Crippen LogP contribution < -0.4 is 15.5 Å².